The summed E-state index contributed by atoms with van der Waals surface area (Å²) in [4.78, 5) is 4.26. The van der Waals surface area contributed by atoms with Crippen LogP contribution in [0.15, 0.2) is 41.9 Å². The zero-order valence-electron chi connectivity index (χ0n) is 9.97. The van der Waals surface area contributed by atoms with Crippen molar-refractivity contribution < 1.29 is 0 Å². The smallest absolute Gasteiger partial charge is 0.0813 e. The summed E-state index contributed by atoms with van der Waals surface area (Å²) in [5, 5.41) is 3.35. The van der Waals surface area contributed by atoms with Crippen LogP contribution in [-0.4, -0.2) is 4.98 Å². The van der Waals surface area contributed by atoms with Gasteiger partial charge in [0.15, 0.2) is 0 Å². The number of nitrogens with one attached hydrogen (secondary N) is 1. The molecular formula is C14H13N3S. The minimum atomic E-state index is 0.793. The van der Waals surface area contributed by atoms with Crippen LogP contribution >= 0.6 is 11.3 Å². The number of rotatable bonds is 2. The van der Waals surface area contributed by atoms with Crippen molar-refractivity contribution in [3.05, 3.63) is 47.5 Å². The molecule has 0 saturated carbocycles. The van der Waals surface area contributed by atoms with Crippen molar-refractivity contribution in [2.75, 3.05) is 11.1 Å². The Labute approximate surface area is 109 Å². The number of benzene rings is 2. The van der Waals surface area contributed by atoms with Gasteiger partial charge in [0.25, 0.3) is 0 Å². The molecule has 3 aromatic rings. The molecule has 18 heavy (non-hydrogen) atoms. The Kier molecular flexibility index (Phi) is 2.64. The van der Waals surface area contributed by atoms with Crippen LogP contribution in [0.3, 0.4) is 0 Å². The van der Waals surface area contributed by atoms with Gasteiger partial charge in [-0.2, -0.15) is 0 Å². The largest absolute Gasteiger partial charge is 0.397 e. The monoisotopic (exact) mass is 255 g/mol. The molecule has 0 amide bonds. The van der Waals surface area contributed by atoms with Gasteiger partial charge in [-0.15, -0.1) is 11.3 Å². The molecule has 0 spiro atoms. The summed E-state index contributed by atoms with van der Waals surface area (Å²) in [7, 11) is 0. The fourth-order valence-corrected chi connectivity index (χ4v) is 2.59. The van der Waals surface area contributed by atoms with Gasteiger partial charge in [-0.05, 0) is 36.8 Å². The lowest BCUT2D eigenvalue weighted by atomic mass is 10.1. The number of nitrogen functional groups attached to an aromatic ring is 1. The topological polar surface area (TPSA) is 50.9 Å². The molecule has 3 rings (SSSR count). The van der Waals surface area contributed by atoms with E-state index in [1.807, 2.05) is 42.8 Å². The van der Waals surface area contributed by atoms with Crippen LogP contribution in [-0.2, 0) is 0 Å². The minimum Gasteiger partial charge on any atom is -0.397 e. The Morgan fingerprint density at radius 3 is 3.00 bits per heavy atom. The zero-order valence-corrected chi connectivity index (χ0v) is 10.8. The number of nitrogens with zero attached hydrogens (tertiary/aromatic N) is 1. The Bertz CT molecular complexity index is 703. The maximum atomic E-state index is 6.05. The van der Waals surface area contributed by atoms with Crippen molar-refractivity contribution in [1.82, 2.24) is 4.98 Å². The summed E-state index contributed by atoms with van der Waals surface area (Å²) in [5.41, 5.74) is 12.8. The second-order valence-electron chi connectivity index (χ2n) is 4.20. The molecule has 0 saturated heterocycles. The van der Waals surface area contributed by atoms with E-state index in [-0.39, 0.29) is 0 Å². The molecule has 3 N–H and O–H groups in total. The molecule has 0 radical (unpaired) electrons. The average molecular weight is 255 g/mol. The van der Waals surface area contributed by atoms with Crippen molar-refractivity contribution in [2.24, 2.45) is 0 Å². The van der Waals surface area contributed by atoms with E-state index in [9.17, 15) is 0 Å². The number of anilines is 3. The third kappa shape index (κ3) is 1.91. The van der Waals surface area contributed by atoms with Crippen molar-refractivity contribution >= 4 is 38.6 Å². The van der Waals surface area contributed by atoms with Crippen LogP contribution in [0.2, 0.25) is 0 Å². The van der Waals surface area contributed by atoms with E-state index >= 15 is 0 Å². The van der Waals surface area contributed by atoms with E-state index in [0.29, 0.717) is 0 Å². The number of aryl methyl sites for hydroxylation is 1. The molecule has 1 aromatic heterocycles. The van der Waals surface area contributed by atoms with E-state index in [1.165, 1.54) is 4.70 Å². The maximum Gasteiger partial charge on any atom is 0.0813 e. The van der Waals surface area contributed by atoms with Gasteiger partial charge in [0.05, 0.1) is 27.1 Å². The quantitative estimate of drug-likeness (QED) is 0.682. The van der Waals surface area contributed by atoms with Gasteiger partial charge in [0.1, 0.15) is 0 Å². The zero-order chi connectivity index (χ0) is 12.5. The summed E-state index contributed by atoms with van der Waals surface area (Å²) >= 11 is 1.64. The van der Waals surface area contributed by atoms with Crippen LogP contribution in [0, 0.1) is 6.92 Å². The Hall–Kier alpha value is -2.07. The summed E-state index contributed by atoms with van der Waals surface area (Å²) < 4.78 is 1.17. The van der Waals surface area contributed by atoms with Gasteiger partial charge in [-0.3, -0.25) is 0 Å². The molecule has 0 aliphatic carbocycles. The van der Waals surface area contributed by atoms with Crippen LogP contribution < -0.4 is 11.1 Å². The van der Waals surface area contributed by atoms with Crippen LogP contribution in [0.4, 0.5) is 17.1 Å². The number of thiazole rings is 1. The SMILES string of the molecule is Cc1cccc(Nc2ccc3ncsc3c2)c1N. The molecule has 0 aliphatic rings. The Morgan fingerprint density at radius 1 is 1.22 bits per heavy atom. The highest BCUT2D eigenvalue weighted by Gasteiger charge is 2.03. The molecule has 1 heterocycles. The highest BCUT2D eigenvalue weighted by atomic mass is 32.1. The lowest BCUT2D eigenvalue weighted by molar-refractivity contribution is 1.45. The van der Waals surface area contributed by atoms with Crippen molar-refractivity contribution in [2.45, 2.75) is 6.92 Å². The van der Waals surface area contributed by atoms with E-state index in [0.717, 1.165) is 28.1 Å². The van der Waals surface area contributed by atoms with E-state index in [1.54, 1.807) is 11.3 Å². The minimum absolute atomic E-state index is 0.793. The predicted octanol–water partition coefficient (Wildman–Crippen LogP) is 3.93. The molecule has 0 fully saturated rings. The number of para-hydroxylation sites is 1. The van der Waals surface area contributed by atoms with Crippen molar-refractivity contribution in [3.63, 3.8) is 0 Å². The number of aromatic nitrogens is 1. The van der Waals surface area contributed by atoms with Gasteiger partial charge in [0, 0.05) is 5.69 Å². The van der Waals surface area contributed by atoms with Gasteiger partial charge in [-0.25, -0.2) is 4.98 Å². The van der Waals surface area contributed by atoms with Gasteiger partial charge in [-0.1, -0.05) is 12.1 Å². The number of fused-ring (bicyclic) bond motifs is 1. The molecule has 90 valence electrons. The van der Waals surface area contributed by atoms with Crippen LogP contribution in [0.5, 0.6) is 0 Å². The standard InChI is InChI=1S/C14H13N3S/c1-9-3-2-4-12(14(9)15)17-10-5-6-11-13(7-10)18-8-16-11/h2-8,17H,15H2,1H3. The lowest BCUT2D eigenvalue weighted by Crippen LogP contribution is -1.97. The number of hydrogen-bond donors (Lipinski definition) is 2. The first-order valence-corrected chi connectivity index (χ1v) is 6.57. The van der Waals surface area contributed by atoms with Crippen LogP contribution in [0.1, 0.15) is 5.56 Å². The summed E-state index contributed by atoms with van der Waals surface area (Å²) in [5.74, 6) is 0. The van der Waals surface area contributed by atoms with Gasteiger partial charge in [0.2, 0.25) is 0 Å². The first-order chi connectivity index (χ1) is 8.74. The van der Waals surface area contributed by atoms with Crippen molar-refractivity contribution in [3.8, 4) is 0 Å². The average Bonchev–Trinajstić information content (AvgIpc) is 2.82. The third-order valence-corrected chi connectivity index (χ3v) is 3.73. The molecule has 2 aromatic carbocycles. The highest BCUT2D eigenvalue weighted by molar-refractivity contribution is 7.16. The molecule has 4 heteroatoms. The van der Waals surface area contributed by atoms with E-state index in [4.69, 9.17) is 5.73 Å². The summed E-state index contributed by atoms with van der Waals surface area (Å²) in [6.45, 7) is 2.01. The first kappa shape index (κ1) is 11.0. The summed E-state index contributed by atoms with van der Waals surface area (Å²) in [6.07, 6.45) is 0. The summed E-state index contributed by atoms with van der Waals surface area (Å²) in [6, 6.07) is 12.1. The highest BCUT2D eigenvalue weighted by Crippen LogP contribution is 2.28. The molecule has 0 unspecified atom stereocenters. The number of hydrogen-bond acceptors (Lipinski definition) is 4. The Balaban J connectivity index is 1.98. The molecular weight excluding hydrogens is 242 g/mol. The fourth-order valence-electron chi connectivity index (χ4n) is 1.88. The predicted molar refractivity (Wildman–Crippen MR) is 78.5 cm³/mol. The maximum absolute atomic E-state index is 6.05. The first-order valence-electron chi connectivity index (χ1n) is 5.69. The second-order valence-corrected chi connectivity index (χ2v) is 5.08. The van der Waals surface area contributed by atoms with E-state index in [2.05, 4.69) is 16.4 Å². The number of nitrogens with two attached hydrogens (primary N) is 1. The van der Waals surface area contributed by atoms with Crippen molar-refractivity contribution in [1.29, 1.82) is 0 Å². The van der Waals surface area contributed by atoms with Gasteiger partial charge >= 0.3 is 0 Å². The molecule has 0 aliphatic heterocycles. The van der Waals surface area contributed by atoms with Crippen LogP contribution in [0.25, 0.3) is 10.2 Å². The molecule has 0 bridgehead atoms. The molecule has 3 nitrogen and oxygen atoms in total. The molecule has 0 atom stereocenters. The normalized spacial score (nSPS) is 10.7. The third-order valence-electron chi connectivity index (χ3n) is 2.93. The second kappa shape index (κ2) is 4.31. The fraction of sp³-hybridized carbons (Fsp3) is 0.0714. The lowest BCUT2D eigenvalue weighted by Gasteiger charge is -2.11. The van der Waals surface area contributed by atoms with E-state index < -0.39 is 0 Å². The Morgan fingerprint density at radius 2 is 2.11 bits per heavy atom. The van der Waals surface area contributed by atoms with Gasteiger partial charge < -0.3 is 11.1 Å².